The van der Waals surface area contributed by atoms with Gasteiger partial charge in [-0.15, -0.1) is 11.3 Å². The molecule has 1 unspecified atom stereocenters. The number of fused-ring (bicyclic) bond motifs is 1. The van der Waals surface area contributed by atoms with E-state index in [9.17, 15) is 14.9 Å². The summed E-state index contributed by atoms with van der Waals surface area (Å²) in [6.45, 7) is 1.90. The third-order valence-electron chi connectivity index (χ3n) is 4.48. The second-order valence-corrected chi connectivity index (χ2v) is 8.74. The predicted octanol–water partition coefficient (Wildman–Crippen LogP) is 2.02. The quantitative estimate of drug-likeness (QED) is 0.625. The third-order valence-corrected chi connectivity index (χ3v) is 6.99. The maximum atomic E-state index is 13.1. The largest absolute Gasteiger partial charge is 0.463 e. The van der Waals surface area contributed by atoms with Crippen LogP contribution in [0.25, 0.3) is 17.5 Å². The fourth-order valence-electron chi connectivity index (χ4n) is 3.23. The molecular formula is C20H15N3O3S3. The van der Waals surface area contributed by atoms with E-state index in [1.165, 1.54) is 38.6 Å². The number of carbonyl (C=O) groups is 1. The first-order valence-electron chi connectivity index (χ1n) is 8.66. The fourth-order valence-corrected chi connectivity index (χ4v) is 5.70. The molecule has 0 aromatic carbocycles. The van der Waals surface area contributed by atoms with Crippen molar-refractivity contribution in [2.45, 2.75) is 12.8 Å². The molecule has 0 saturated heterocycles. The second-order valence-electron chi connectivity index (χ2n) is 6.15. The van der Waals surface area contributed by atoms with E-state index in [1.54, 1.807) is 13.0 Å². The molecule has 4 heterocycles. The highest BCUT2D eigenvalue weighted by molar-refractivity contribution is 7.08. The molecule has 1 aliphatic rings. The van der Waals surface area contributed by atoms with Gasteiger partial charge in [-0.3, -0.25) is 9.36 Å². The van der Waals surface area contributed by atoms with Crippen LogP contribution in [-0.2, 0) is 9.53 Å². The van der Waals surface area contributed by atoms with Crippen molar-refractivity contribution in [3.8, 4) is 6.07 Å². The molecule has 0 bridgehead atoms. The summed E-state index contributed by atoms with van der Waals surface area (Å²) in [6.07, 6.45) is 1.76. The van der Waals surface area contributed by atoms with Crippen LogP contribution in [0.4, 0.5) is 0 Å². The number of rotatable bonds is 4. The first-order chi connectivity index (χ1) is 14.1. The fraction of sp³-hybridized carbons (Fsp3) is 0.150. The maximum absolute atomic E-state index is 13.1. The minimum Gasteiger partial charge on any atom is -0.463 e. The number of aromatic nitrogens is 1. The number of nitrogens with two attached hydrogens (primary N) is 1. The molecule has 0 fully saturated rings. The van der Waals surface area contributed by atoms with Gasteiger partial charge >= 0.3 is 5.97 Å². The zero-order valence-electron chi connectivity index (χ0n) is 15.2. The molecule has 0 saturated carbocycles. The molecule has 29 heavy (non-hydrogen) atoms. The number of thiophene rings is 2. The summed E-state index contributed by atoms with van der Waals surface area (Å²) in [5.41, 5.74) is 8.02. The Balaban J connectivity index is 2.11. The molecule has 6 nitrogen and oxygen atoms in total. The van der Waals surface area contributed by atoms with Gasteiger partial charge in [0.25, 0.3) is 5.56 Å². The minimum atomic E-state index is -0.669. The number of carbonyl (C=O) groups excluding carboxylic acids is 1. The number of ether oxygens (including phenoxy) is 1. The number of nitrogens with zero attached hydrogens (tertiary/aromatic N) is 2. The molecule has 0 aliphatic carbocycles. The standard InChI is InChI=1S/C20H15N3O3S3/c1-2-26-20(25)16-15(12-4-6-28-10-12)13(8-21)17(22)23-18(24)14(29-19(16)23)7-11-3-5-27-9-11/h3-7,9-10,15H,2,22H2,1H3/b14-7-. The van der Waals surface area contributed by atoms with Crippen LogP contribution in [0.5, 0.6) is 0 Å². The van der Waals surface area contributed by atoms with Gasteiger partial charge in [0.2, 0.25) is 0 Å². The number of nitriles is 1. The zero-order valence-corrected chi connectivity index (χ0v) is 17.7. The molecule has 4 rings (SSSR count). The van der Waals surface area contributed by atoms with Crippen LogP contribution in [0.2, 0.25) is 0 Å². The van der Waals surface area contributed by atoms with E-state index in [-0.39, 0.29) is 29.1 Å². The Morgan fingerprint density at radius 1 is 1.34 bits per heavy atom. The van der Waals surface area contributed by atoms with E-state index in [4.69, 9.17) is 10.5 Å². The van der Waals surface area contributed by atoms with Crippen LogP contribution < -0.4 is 20.5 Å². The summed E-state index contributed by atoms with van der Waals surface area (Å²) in [5, 5.41) is 17.4. The van der Waals surface area contributed by atoms with Crippen molar-refractivity contribution in [3.05, 3.63) is 69.9 Å². The van der Waals surface area contributed by atoms with Crippen LogP contribution in [-0.4, -0.2) is 17.1 Å². The lowest BCUT2D eigenvalue weighted by Gasteiger charge is -2.23. The van der Waals surface area contributed by atoms with Gasteiger partial charge in [-0.1, -0.05) is 0 Å². The van der Waals surface area contributed by atoms with Crippen LogP contribution in [0, 0.1) is 11.3 Å². The molecule has 0 radical (unpaired) electrons. The van der Waals surface area contributed by atoms with E-state index in [1.807, 2.05) is 33.7 Å². The summed E-state index contributed by atoms with van der Waals surface area (Å²) >= 11 is 4.16. The Bertz CT molecular complexity index is 1320. The lowest BCUT2D eigenvalue weighted by Crippen LogP contribution is -2.40. The van der Waals surface area contributed by atoms with Crippen molar-refractivity contribution in [1.82, 2.24) is 4.57 Å². The molecule has 2 N–H and O–H groups in total. The number of thiazole rings is 1. The minimum absolute atomic E-state index is 0.0537. The van der Waals surface area contributed by atoms with Gasteiger partial charge in [-0.25, -0.2) is 4.79 Å². The third kappa shape index (κ3) is 3.25. The van der Waals surface area contributed by atoms with Crippen molar-refractivity contribution in [2.75, 3.05) is 6.61 Å². The van der Waals surface area contributed by atoms with E-state index in [0.29, 0.717) is 9.20 Å². The first kappa shape index (κ1) is 19.4. The van der Waals surface area contributed by atoms with Crippen LogP contribution in [0.15, 0.2) is 44.0 Å². The lowest BCUT2D eigenvalue weighted by molar-refractivity contribution is -0.136. The SMILES string of the molecule is CCOC(=O)C1=c2s/c(=C\c3ccsc3)c(=O)n2C(N)=C(C#N)C1c1ccsc1. The van der Waals surface area contributed by atoms with Crippen LogP contribution >= 0.6 is 34.0 Å². The normalized spacial score (nSPS) is 16.6. The monoisotopic (exact) mass is 441 g/mol. The Hall–Kier alpha value is -2.93. The average Bonchev–Trinajstić information content (AvgIpc) is 3.45. The van der Waals surface area contributed by atoms with Gasteiger partial charge in [0.15, 0.2) is 0 Å². The van der Waals surface area contributed by atoms with E-state index < -0.39 is 11.9 Å². The van der Waals surface area contributed by atoms with Gasteiger partial charge < -0.3 is 10.5 Å². The van der Waals surface area contributed by atoms with E-state index >= 15 is 0 Å². The van der Waals surface area contributed by atoms with Gasteiger partial charge in [0.1, 0.15) is 10.5 Å². The van der Waals surface area contributed by atoms with Crippen molar-refractivity contribution in [2.24, 2.45) is 5.73 Å². The molecule has 1 atom stereocenters. The predicted molar refractivity (Wildman–Crippen MR) is 116 cm³/mol. The number of allylic oxidation sites excluding steroid dienone is 1. The molecule has 3 aromatic heterocycles. The summed E-state index contributed by atoms with van der Waals surface area (Å²) < 4.78 is 7.39. The summed E-state index contributed by atoms with van der Waals surface area (Å²) in [5.74, 6) is -1.17. The van der Waals surface area contributed by atoms with Gasteiger partial charge in [-0.2, -0.15) is 27.9 Å². The van der Waals surface area contributed by atoms with Gasteiger partial charge in [0, 0.05) is 0 Å². The number of hydrogen-bond donors (Lipinski definition) is 1. The molecular weight excluding hydrogens is 426 g/mol. The van der Waals surface area contributed by atoms with Crippen LogP contribution in [0.1, 0.15) is 24.0 Å². The van der Waals surface area contributed by atoms with Gasteiger partial charge in [0.05, 0.1) is 34.3 Å². The highest BCUT2D eigenvalue weighted by atomic mass is 32.1. The lowest BCUT2D eigenvalue weighted by atomic mass is 9.85. The van der Waals surface area contributed by atoms with Crippen LogP contribution in [0.3, 0.4) is 0 Å². The smallest absolute Gasteiger partial charge is 0.338 e. The summed E-state index contributed by atoms with van der Waals surface area (Å²) in [4.78, 5) is 26.0. The number of esters is 1. The topological polar surface area (TPSA) is 98.1 Å². The molecule has 146 valence electrons. The van der Waals surface area contributed by atoms with Crippen molar-refractivity contribution >= 4 is 57.4 Å². The second kappa shape index (κ2) is 7.83. The molecule has 0 amide bonds. The molecule has 9 heteroatoms. The first-order valence-corrected chi connectivity index (χ1v) is 11.4. The highest BCUT2D eigenvalue weighted by Crippen LogP contribution is 2.37. The van der Waals surface area contributed by atoms with Crippen molar-refractivity contribution in [1.29, 1.82) is 5.26 Å². The van der Waals surface area contributed by atoms with E-state index in [0.717, 1.165) is 11.1 Å². The Kier molecular flexibility index (Phi) is 5.24. The van der Waals surface area contributed by atoms with Gasteiger partial charge in [-0.05, 0) is 57.8 Å². The summed E-state index contributed by atoms with van der Waals surface area (Å²) in [7, 11) is 0. The number of hydrogen-bond acceptors (Lipinski definition) is 8. The summed E-state index contributed by atoms with van der Waals surface area (Å²) in [6, 6.07) is 5.86. The Morgan fingerprint density at radius 2 is 2.10 bits per heavy atom. The Labute approximate surface area is 177 Å². The van der Waals surface area contributed by atoms with Crippen molar-refractivity contribution in [3.63, 3.8) is 0 Å². The van der Waals surface area contributed by atoms with E-state index in [2.05, 4.69) is 6.07 Å². The highest BCUT2D eigenvalue weighted by Gasteiger charge is 2.36. The molecule has 0 spiro atoms. The Morgan fingerprint density at radius 3 is 2.72 bits per heavy atom. The van der Waals surface area contributed by atoms with Crippen molar-refractivity contribution < 1.29 is 9.53 Å². The average molecular weight is 442 g/mol. The zero-order chi connectivity index (χ0) is 20.5. The molecule has 3 aromatic rings. The maximum Gasteiger partial charge on any atom is 0.338 e. The molecule has 1 aliphatic heterocycles.